The van der Waals surface area contributed by atoms with E-state index in [1.54, 1.807) is 6.20 Å². The van der Waals surface area contributed by atoms with Crippen LogP contribution in [0.25, 0.3) is 11.4 Å². The van der Waals surface area contributed by atoms with Crippen LogP contribution in [0.4, 0.5) is 5.82 Å². The number of hydrogen-bond donors (Lipinski definition) is 1. The molecule has 19 heavy (non-hydrogen) atoms. The Morgan fingerprint density at radius 2 is 2.00 bits per heavy atom. The number of benzene rings is 1. The number of nitrogens with one attached hydrogen (secondary N) is 1. The lowest BCUT2D eigenvalue weighted by Crippen LogP contribution is -2.11. The van der Waals surface area contributed by atoms with Crippen LogP contribution in [0.5, 0.6) is 11.5 Å². The summed E-state index contributed by atoms with van der Waals surface area (Å²) in [6, 6.07) is 7.90. The predicted octanol–water partition coefficient (Wildman–Crippen LogP) is 2.69. The Morgan fingerprint density at radius 1 is 1.16 bits per heavy atom. The van der Waals surface area contributed by atoms with Gasteiger partial charge >= 0.3 is 0 Å². The Hall–Kier alpha value is -2.30. The van der Waals surface area contributed by atoms with Crippen LogP contribution in [0, 0.1) is 0 Å². The highest BCUT2D eigenvalue weighted by Gasteiger charge is 2.14. The van der Waals surface area contributed by atoms with Gasteiger partial charge in [-0.15, -0.1) is 0 Å². The van der Waals surface area contributed by atoms with Crippen molar-refractivity contribution in [3.05, 3.63) is 30.5 Å². The predicted molar refractivity (Wildman–Crippen MR) is 72.3 cm³/mol. The van der Waals surface area contributed by atoms with E-state index in [0.29, 0.717) is 11.9 Å². The Bertz CT molecular complexity index is 599. The van der Waals surface area contributed by atoms with Crippen molar-refractivity contribution in [2.24, 2.45) is 0 Å². The maximum atomic E-state index is 5.36. The molecule has 0 spiro atoms. The SMILES string of the molecule is CC(C)Nc1ccnc(-c2ccc3c(c2)OCO3)n1. The van der Waals surface area contributed by atoms with E-state index in [1.165, 1.54) is 0 Å². The van der Waals surface area contributed by atoms with Crippen LogP contribution in [-0.2, 0) is 0 Å². The summed E-state index contributed by atoms with van der Waals surface area (Å²) >= 11 is 0. The van der Waals surface area contributed by atoms with Gasteiger partial charge in [0.1, 0.15) is 5.82 Å². The number of ether oxygens (including phenoxy) is 2. The van der Waals surface area contributed by atoms with E-state index in [-0.39, 0.29) is 6.79 Å². The van der Waals surface area contributed by atoms with E-state index in [2.05, 4.69) is 29.1 Å². The van der Waals surface area contributed by atoms with Gasteiger partial charge in [-0.05, 0) is 38.1 Å². The van der Waals surface area contributed by atoms with Crippen LogP contribution in [-0.4, -0.2) is 22.8 Å². The highest BCUT2D eigenvalue weighted by molar-refractivity contribution is 5.62. The average Bonchev–Trinajstić information content (AvgIpc) is 2.85. The molecule has 5 nitrogen and oxygen atoms in total. The molecule has 1 aromatic carbocycles. The second-order valence-corrected chi connectivity index (χ2v) is 4.63. The van der Waals surface area contributed by atoms with Crippen LogP contribution >= 0.6 is 0 Å². The van der Waals surface area contributed by atoms with Gasteiger partial charge in [0.05, 0.1) is 0 Å². The molecule has 0 saturated carbocycles. The number of aromatic nitrogens is 2. The Balaban J connectivity index is 1.93. The second-order valence-electron chi connectivity index (χ2n) is 4.63. The molecule has 98 valence electrons. The molecule has 0 amide bonds. The van der Waals surface area contributed by atoms with E-state index < -0.39 is 0 Å². The van der Waals surface area contributed by atoms with Crippen molar-refractivity contribution in [3.8, 4) is 22.9 Å². The third-order valence-electron chi connectivity index (χ3n) is 2.72. The third kappa shape index (κ3) is 2.45. The summed E-state index contributed by atoms with van der Waals surface area (Å²) in [5.41, 5.74) is 0.914. The molecule has 0 aliphatic carbocycles. The summed E-state index contributed by atoms with van der Waals surface area (Å²) in [4.78, 5) is 8.78. The molecule has 5 heteroatoms. The average molecular weight is 257 g/mol. The molecule has 2 heterocycles. The lowest BCUT2D eigenvalue weighted by molar-refractivity contribution is 0.174. The highest BCUT2D eigenvalue weighted by Crippen LogP contribution is 2.35. The molecule has 0 radical (unpaired) electrons. The van der Waals surface area contributed by atoms with E-state index in [0.717, 1.165) is 22.9 Å². The summed E-state index contributed by atoms with van der Waals surface area (Å²) in [7, 11) is 0. The van der Waals surface area contributed by atoms with Crippen molar-refractivity contribution in [2.45, 2.75) is 19.9 Å². The van der Waals surface area contributed by atoms with E-state index in [9.17, 15) is 0 Å². The fourth-order valence-electron chi connectivity index (χ4n) is 1.91. The standard InChI is InChI=1S/C14H15N3O2/c1-9(2)16-13-5-6-15-14(17-13)10-3-4-11-12(7-10)19-8-18-11/h3-7,9H,8H2,1-2H3,(H,15,16,17). The first-order chi connectivity index (χ1) is 9.22. The van der Waals surface area contributed by atoms with Crippen LogP contribution < -0.4 is 14.8 Å². The van der Waals surface area contributed by atoms with Gasteiger partial charge in [-0.1, -0.05) is 0 Å². The summed E-state index contributed by atoms with van der Waals surface area (Å²) in [6.07, 6.45) is 1.75. The Morgan fingerprint density at radius 3 is 2.84 bits per heavy atom. The molecule has 0 atom stereocenters. The van der Waals surface area contributed by atoms with Gasteiger partial charge in [0, 0.05) is 17.8 Å². The molecule has 2 aromatic rings. The molecular formula is C14H15N3O2. The first-order valence-corrected chi connectivity index (χ1v) is 6.22. The minimum absolute atomic E-state index is 0.272. The zero-order valence-electron chi connectivity index (χ0n) is 10.9. The zero-order valence-corrected chi connectivity index (χ0v) is 10.9. The summed E-state index contributed by atoms with van der Waals surface area (Å²) < 4.78 is 10.7. The number of rotatable bonds is 3. The smallest absolute Gasteiger partial charge is 0.231 e. The minimum atomic E-state index is 0.272. The van der Waals surface area contributed by atoms with Crippen molar-refractivity contribution < 1.29 is 9.47 Å². The molecule has 1 aliphatic rings. The van der Waals surface area contributed by atoms with Gasteiger partial charge in [0.2, 0.25) is 6.79 Å². The third-order valence-corrected chi connectivity index (χ3v) is 2.72. The van der Waals surface area contributed by atoms with Crippen molar-refractivity contribution in [3.63, 3.8) is 0 Å². The highest BCUT2D eigenvalue weighted by atomic mass is 16.7. The minimum Gasteiger partial charge on any atom is -0.454 e. The van der Waals surface area contributed by atoms with Gasteiger partial charge in [-0.3, -0.25) is 0 Å². The summed E-state index contributed by atoms with van der Waals surface area (Å²) in [5, 5.41) is 3.26. The topological polar surface area (TPSA) is 56.3 Å². The molecule has 1 N–H and O–H groups in total. The maximum absolute atomic E-state index is 5.36. The first kappa shape index (κ1) is 11.8. The molecule has 0 unspecified atom stereocenters. The number of anilines is 1. The first-order valence-electron chi connectivity index (χ1n) is 6.22. The Kier molecular flexibility index (Phi) is 2.95. The van der Waals surface area contributed by atoms with Crippen molar-refractivity contribution in [1.82, 2.24) is 9.97 Å². The number of hydrogen-bond acceptors (Lipinski definition) is 5. The Labute approximate surface area is 111 Å². The molecule has 1 aliphatic heterocycles. The maximum Gasteiger partial charge on any atom is 0.231 e. The van der Waals surface area contributed by atoms with Gasteiger partial charge in [-0.2, -0.15) is 0 Å². The molecule has 0 fully saturated rings. The zero-order chi connectivity index (χ0) is 13.2. The van der Waals surface area contributed by atoms with Crippen LogP contribution in [0.15, 0.2) is 30.5 Å². The van der Waals surface area contributed by atoms with E-state index >= 15 is 0 Å². The van der Waals surface area contributed by atoms with Crippen LogP contribution in [0.3, 0.4) is 0 Å². The molecule has 0 bridgehead atoms. The monoisotopic (exact) mass is 257 g/mol. The van der Waals surface area contributed by atoms with Gasteiger partial charge < -0.3 is 14.8 Å². The normalized spacial score (nSPS) is 12.8. The van der Waals surface area contributed by atoms with Crippen LogP contribution in [0.2, 0.25) is 0 Å². The summed E-state index contributed by atoms with van der Waals surface area (Å²) in [6.45, 7) is 4.42. The molecule has 1 aromatic heterocycles. The van der Waals surface area contributed by atoms with Gasteiger partial charge in [-0.25, -0.2) is 9.97 Å². The fourth-order valence-corrected chi connectivity index (χ4v) is 1.91. The lowest BCUT2D eigenvalue weighted by Gasteiger charge is -2.09. The van der Waals surface area contributed by atoms with Gasteiger partial charge in [0.15, 0.2) is 17.3 Å². The number of nitrogens with zero attached hydrogens (tertiary/aromatic N) is 2. The fraction of sp³-hybridized carbons (Fsp3) is 0.286. The number of fused-ring (bicyclic) bond motifs is 1. The largest absolute Gasteiger partial charge is 0.454 e. The van der Waals surface area contributed by atoms with Gasteiger partial charge in [0.25, 0.3) is 0 Å². The molecule has 3 rings (SSSR count). The van der Waals surface area contributed by atoms with Crippen LogP contribution in [0.1, 0.15) is 13.8 Å². The summed E-state index contributed by atoms with van der Waals surface area (Å²) in [5.74, 6) is 2.99. The van der Waals surface area contributed by atoms with Crippen molar-refractivity contribution in [1.29, 1.82) is 0 Å². The van der Waals surface area contributed by atoms with E-state index in [1.807, 2.05) is 24.3 Å². The van der Waals surface area contributed by atoms with Crippen molar-refractivity contribution in [2.75, 3.05) is 12.1 Å². The lowest BCUT2D eigenvalue weighted by atomic mass is 10.2. The molecule has 0 saturated heterocycles. The quantitative estimate of drug-likeness (QED) is 0.916. The molecular weight excluding hydrogens is 242 g/mol. The van der Waals surface area contributed by atoms with Crippen molar-refractivity contribution >= 4 is 5.82 Å². The van der Waals surface area contributed by atoms with E-state index in [4.69, 9.17) is 9.47 Å². The second kappa shape index (κ2) is 4.76.